The van der Waals surface area contributed by atoms with Crippen molar-refractivity contribution in [3.63, 3.8) is 0 Å². The summed E-state index contributed by atoms with van der Waals surface area (Å²) in [5, 5.41) is 19.2. The molecule has 1 aromatic rings. The van der Waals surface area contributed by atoms with E-state index in [9.17, 15) is 14.5 Å². The van der Waals surface area contributed by atoms with Crippen LogP contribution in [-0.2, 0) is 0 Å². The molecule has 0 heterocycles. The Labute approximate surface area is 109 Å². The lowest BCUT2D eigenvalue weighted by atomic mass is 10.2. The second-order valence-electron chi connectivity index (χ2n) is 3.50. The maximum atomic E-state index is 13.4. The van der Waals surface area contributed by atoms with E-state index in [1.54, 1.807) is 11.8 Å². The monoisotopic (exact) mass is 271 g/mol. The molecule has 5 nitrogen and oxygen atoms in total. The Morgan fingerprint density at radius 3 is 2.78 bits per heavy atom. The fourth-order valence-electron chi connectivity index (χ4n) is 1.56. The Kier molecular flexibility index (Phi) is 4.86. The van der Waals surface area contributed by atoms with Crippen molar-refractivity contribution in [1.29, 1.82) is 5.26 Å². The molecule has 18 heavy (non-hydrogen) atoms. The summed E-state index contributed by atoms with van der Waals surface area (Å²) in [5.74, 6) is -0.715. The molecule has 0 fully saturated rings. The van der Waals surface area contributed by atoms with Crippen LogP contribution in [-0.4, -0.2) is 18.0 Å². The number of anilines is 1. The molecular weight excluding hydrogens is 261 g/mol. The molecule has 7 heteroatoms. The zero-order chi connectivity index (χ0) is 13.7. The van der Waals surface area contributed by atoms with Crippen molar-refractivity contribution in [3.05, 3.63) is 33.1 Å². The van der Waals surface area contributed by atoms with Crippen LogP contribution in [0, 0.1) is 27.3 Å². The van der Waals surface area contributed by atoms with E-state index in [4.69, 9.17) is 16.9 Å². The van der Waals surface area contributed by atoms with Gasteiger partial charge >= 0.3 is 0 Å². The molecule has 0 radical (unpaired) electrons. The summed E-state index contributed by atoms with van der Waals surface area (Å²) in [6.07, 6.45) is 0.204. The van der Waals surface area contributed by atoms with Crippen LogP contribution in [0.5, 0.6) is 0 Å². The lowest BCUT2D eigenvalue weighted by molar-refractivity contribution is -0.384. The first-order valence-corrected chi connectivity index (χ1v) is 5.64. The minimum Gasteiger partial charge on any atom is -0.365 e. The van der Waals surface area contributed by atoms with E-state index in [1.165, 1.54) is 0 Å². The summed E-state index contributed by atoms with van der Waals surface area (Å²) < 4.78 is 13.4. The molecule has 96 valence electrons. The van der Waals surface area contributed by atoms with E-state index in [0.29, 0.717) is 13.1 Å². The quantitative estimate of drug-likeness (QED) is 0.609. The normalized spacial score (nSPS) is 9.89. The maximum Gasteiger partial charge on any atom is 0.294 e. The number of nitrogens with zero attached hydrogens (tertiary/aromatic N) is 3. The third kappa shape index (κ3) is 3.08. The molecule has 0 saturated heterocycles. The highest BCUT2D eigenvalue weighted by atomic mass is 35.5. The van der Waals surface area contributed by atoms with Gasteiger partial charge in [-0.25, -0.2) is 4.39 Å². The molecule has 0 unspecified atom stereocenters. The van der Waals surface area contributed by atoms with E-state index in [2.05, 4.69) is 0 Å². The van der Waals surface area contributed by atoms with Crippen LogP contribution in [0.3, 0.4) is 0 Å². The predicted octanol–water partition coefficient (Wildman–Crippen LogP) is 3.13. The van der Waals surface area contributed by atoms with E-state index in [0.717, 1.165) is 12.1 Å². The van der Waals surface area contributed by atoms with Gasteiger partial charge in [-0.05, 0) is 6.92 Å². The van der Waals surface area contributed by atoms with Crippen LogP contribution in [0.1, 0.15) is 13.3 Å². The number of hydrogen-bond acceptors (Lipinski definition) is 4. The van der Waals surface area contributed by atoms with Gasteiger partial charge in [0.1, 0.15) is 11.5 Å². The minimum atomic E-state index is -0.715. The van der Waals surface area contributed by atoms with Crippen molar-refractivity contribution in [2.45, 2.75) is 13.3 Å². The second-order valence-corrected chi connectivity index (χ2v) is 3.91. The second kappa shape index (κ2) is 6.17. The highest BCUT2D eigenvalue weighted by Gasteiger charge is 2.21. The van der Waals surface area contributed by atoms with Gasteiger partial charge in [0.2, 0.25) is 0 Å². The van der Waals surface area contributed by atoms with Crippen molar-refractivity contribution < 1.29 is 9.31 Å². The van der Waals surface area contributed by atoms with Crippen molar-refractivity contribution in [1.82, 2.24) is 0 Å². The number of nitro benzene ring substituents is 1. The van der Waals surface area contributed by atoms with Gasteiger partial charge in [0.25, 0.3) is 5.69 Å². The van der Waals surface area contributed by atoms with Gasteiger partial charge in [0, 0.05) is 25.2 Å². The number of benzene rings is 1. The average Bonchev–Trinajstić information content (AvgIpc) is 2.33. The largest absolute Gasteiger partial charge is 0.365 e. The lowest BCUT2D eigenvalue weighted by Crippen LogP contribution is -2.24. The van der Waals surface area contributed by atoms with Gasteiger partial charge < -0.3 is 4.90 Å². The molecule has 0 atom stereocenters. The SMILES string of the molecule is CCN(CCC#N)c1cc(F)c(Cl)cc1[N+](=O)[O-]. The summed E-state index contributed by atoms with van der Waals surface area (Å²) in [4.78, 5) is 11.9. The third-order valence-corrected chi connectivity index (χ3v) is 2.72. The van der Waals surface area contributed by atoms with Crippen molar-refractivity contribution in [3.8, 4) is 6.07 Å². The first kappa shape index (κ1) is 14.2. The molecular formula is C11H11ClFN3O2. The van der Waals surface area contributed by atoms with Crippen molar-refractivity contribution in [2.24, 2.45) is 0 Å². The molecule has 0 aliphatic rings. The van der Waals surface area contributed by atoms with Crippen LogP contribution >= 0.6 is 11.6 Å². The average molecular weight is 272 g/mol. The Bertz CT molecular complexity index is 502. The van der Waals surface area contributed by atoms with Gasteiger partial charge in [-0.2, -0.15) is 5.26 Å². The number of nitriles is 1. The fraction of sp³-hybridized carbons (Fsp3) is 0.364. The number of nitro groups is 1. The minimum absolute atomic E-state index is 0.139. The lowest BCUT2D eigenvalue weighted by Gasteiger charge is -2.21. The van der Waals surface area contributed by atoms with E-state index >= 15 is 0 Å². The van der Waals surface area contributed by atoms with Gasteiger partial charge in [-0.3, -0.25) is 10.1 Å². The molecule has 0 aromatic heterocycles. The van der Waals surface area contributed by atoms with Gasteiger partial charge in [-0.1, -0.05) is 11.6 Å². The zero-order valence-corrected chi connectivity index (χ0v) is 10.4. The summed E-state index contributed by atoms with van der Waals surface area (Å²) >= 11 is 5.53. The Balaban J connectivity index is 3.23. The predicted molar refractivity (Wildman–Crippen MR) is 66.2 cm³/mol. The molecule has 0 aliphatic heterocycles. The van der Waals surface area contributed by atoms with E-state index in [-0.39, 0.29) is 22.8 Å². The molecule has 0 aliphatic carbocycles. The summed E-state index contributed by atoms with van der Waals surface area (Å²) in [5.41, 5.74) is -0.124. The number of rotatable bonds is 5. The Morgan fingerprint density at radius 2 is 2.28 bits per heavy atom. The maximum absolute atomic E-state index is 13.4. The van der Waals surface area contributed by atoms with Crippen molar-refractivity contribution >= 4 is 23.0 Å². The standard InChI is InChI=1S/C11H11ClFN3O2/c1-2-15(5-3-4-14)10-7-9(13)8(12)6-11(10)16(17)18/h6-7H,2-3,5H2,1H3. The smallest absolute Gasteiger partial charge is 0.294 e. The molecule has 1 rings (SSSR count). The number of hydrogen-bond donors (Lipinski definition) is 0. The Hall–Kier alpha value is -1.87. The third-order valence-electron chi connectivity index (χ3n) is 2.43. The van der Waals surface area contributed by atoms with E-state index < -0.39 is 10.7 Å². The summed E-state index contributed by atoms with van der Waals surface area (Å²) in [6.45, 7) is 2.51. The molecule has 0 N–H and O–H groups in total. The molecule has 0 spiro atoms. The Morgan fingerprint density at radius 1 is 1.61 bits per heavy atom. The van der Waals surface area contributed by atoms with E-state index in [1.807, 2.05) is 6.07 Å². The first-order chi connectivity index (χ1) is 8.51. The zero-order valence-electron chi connectivity index (χ0n) is 9.69. The van der Waals surface area contributed by atoms with Gasteiger partial charge in [0.05, 0.1) is 22.4 Å². The van der Waals surface area contributed by atoms with Crippen molar-refractivity contribution in [2.75, 3.05) is 18.0 Å². The van der Waals surface area contributed by atoms with Crippen LogP contribution < -0.4 is 4.90 Å². The first-order valence-electron chi connectivity index (χ1n) is 5.26. The molecule has 0 amide bonds. The molecule has 0 bridgehead atoms. The summed E-state index contributed by atoms with van der Waals surface area (Å²) in [7, 11) is 0. The van der Waals surface area contributed by atoms with Gasteiger partial charge in [-0.15, -0.1) is 0 Å². The highest BCUT2D eigenvalue weighted by molar-refractivity contribution is 6.31. The van der Waals surface area contributed by atoms with Crippen LogP contribution in [0.2, 0.25) is 5.02 Å². The molecule has 0 saturated carbocycles. The van der Waals surface area contributed by atoms with Gasteiger partial charge in [0.15, 0.2) is 0 Å². The topological polar surface area (TPSA) is 70.2 Å². The van der Waals surface area contributed by atoms with Crippen LogP contribution in [0.25, 0.3) is 0 Å². The number of halogens is 2. The van der Waals surface area contributed by atoms with Crippen LogP contribution in [0.4, 0.5) is 15.8 Å². The molecule has 1 aromatic carbocycles. The fourth-order valence-corrected chi connectivity index (χ4v) is 1.72. The summed E-state index contributed by atoms with van der Waals surface area (Å²) in [6, 6.07) is 3.96. The highest BCUT2D eigenvalue weighted by Crippen LogP contribution is 2.33. The van der Waals surface area contributed by atoms with Crippen LogP contribution in [0.15, 0.2) is 12.1 Å².